The molecule has 10 heteroatoms. The van der Waals surface area contributed by atoms with E-state index < -0.39 is 5.82 Å². The fourth-order valence-corrected chi connectivity index (χ4v) is 4.77. The number of thioether (sulfide) groups is 2. The topological polar surface area (TPSA) is 59.8 Å². The molecule has 0 aliphatic carbocycles. The summed E-state index contributed by atoms with van der Waals surface area (Å²) in [6, 6.07) is 6.19. The Morgan fingerprint density at radius 1 is 1.35 bits per heavy atom. The van der Waals surface area contributed by atoms with Crippen LogP contribution in [0.1, 0.15) is 15.9 Å². The largest absolute Gasteiger partial charge is 0.305 e. The van der Waals surface area contributed by atoms with Crippen molar-refractivity contribution in [1.29, 1.82) is 0 Å². The van der Waals surface area contributed by atoms with Crippen LogP contribution in [0.3, 0.4) is 0 Å². The minimum Gasteiger partial charge on any atom is -0.305 e. The molecule has 1 amide bonds. The zero-order chi connectivity index (χ0) is 18.7. The van der Waals surface area contributed by atoms with Crippen LogP contribution >= 0.6 is 46.7 Å². The molecule has 136 valence electrons. The predicted octanol–water partition coefficient (Wildman–Crippen LogP) is 4.88. The van der Waals surface area contributed by atoms with Crippen LogP contribution in [-0.4, -0.2) is 32.6 Å². The van der Waals surface area contributed by atoms with Gasteiger partial charge in [0.2, 0.25) is 0 Å². The summed E-state index contributed by atoms with van der Waals surface area (Å²) in [5, 5.41) is 8.08. The molecule has 0 bridgehead atoms. The first-order chi connectivity index (χ1) is 12.5. The Hall–Kier alpha value is -1.55. The molecule has 2 aromatic heterocycles. The summed E-state index contributed by atoms with van der Waals surface area (Å²) >= 11 is 10.2. The highest BCUT2D eigenvalue weighted by molar-refractivity contribution is 8.01. The average Bonchev–Trinajstić information content (AvgIpc) is 3.24. The molecule has 5 nitrogen and oxygen atoms in total. The maximum absolute atomic E-state index is 13.9. The van der Waals surface area contributed by atoms with Gasteiger partial charge in [0.25, 0.3) is 5.91 Å². The van der Waals surface area contributed by atoms with E-state index in [0.717, 1.165) is 4.21 Å². The molecule has 0 radical (unpaired) electrons. The van der Waals surface area contributed by atoms with E-state index in [2.05, 4.69) is 14.8 Å². The van der Waals surface area contributed by atoms with Crippen molar-refractivity contribution in [3.63, 3.8) is 0 Å². The zero-order valence-corrected chi connectivity index (χ0v) is 17.0. The van der Waals surface area contributed by atoms with Crippen LogP contribution in [0.2, 0.25) is 5.02 Å². The lowest BCUT2D eigenvalue weighted by Gasteiger charge is -2.06. The van der Waals surface area contributed by atoms with Gasteiger partial charge >= 0.3 is 0 Å². The third-order valence-electron chi connectivity index (χ3n) is 3.50. The third kappa shape index (κ3) is 4.06. The van der Waals surface area contributed by atoms with Crippen molar-refractivity contribution in [2.45, 2.75) is 15.8 Å². The molecule has 1 N–H and O–H groups in total. The summed E-state index contributed by atoms with van der Waals surface area (Å²) in [7, 11) is 0. The van der Waals surface area contributed by atoms with Crippen LogP contribution in [0, 0.1) is 5.82 Å². The number of anilines is 1. The van der Waals surface area contributed by atoms with Gasteiger partial charge in [0.05, 0.1) is 16.3 Å². The monoisotopic (exact) mass is 428 g/mol. The molecule has 0 aliphatic rings. The number of halogens is 2. The first-order valence-corrected chi connectivity index (χ1v) is 11.0. The van der Waals surface area contributed by atoms with Gasteiger partial charge in [-0.1, -0.05) is 17.7 Å². The van der Waals surface area contributed by atoms with Crippen LogP contribution in [0.25, 0.3) is 0 Å². The molecule has 2 heterocycles. The van der Waals surface area contributed by atoms with Gasteiger partial charge in [-0.3, -0.25) is 9.48 Å². The number of carbonyl (C=O) groups is 1. The SMILES string of the molecule is CSc1nsc(SC)c1C(=O)Nc1ccn(Cc2c(F)cccc2Cl)n1. The second-order valence-electron chi connectivity index (χ2n) is 5.11. The number of benzene rings is 1. The average molecular weight is 429 g/mol. The number of nitrogens with zero attached hydrogens (tertiary/aromatic N) is 3. The highest BCUT2D eigenvalue weighted by atomic mass is 35.5. The molecule has 0 fully saturated rings. The number of aromatic nitrogens is 3. The van der Waals surface area contributed by atoms with Crippen molar-refractivity contribution in [2.24, 2.45) is 0 Å². The van der Waals surface area contributed by atoms with Crippen LogP contribution < -0.4 is 5.32 Å². The van der Waals surface area contributed by atoms with Gasteiger partial charge in [-0.2, -0.15) is 9.47 Å². The van der Waals surface area contributed by atoms with E-state index in [0.29, 0.717) is 27.0 Å². The number of nitrogens with one attached hydrogen (secondary N) is 1. The molecule has 1 aromatic carbocycles. The van der Waals surface area contributed by atoms with Gasteiger partial charge in [-0.25, -0.2) is 4.39 Å². The van der Waals surface area contributed by atoms with Crippen molar-refractivity contribution in [1.82, 2.24) is 14.2 Å². The first kappa shape index (κ1) is 19.2. The van der Waals surface area contributed by atoms with E-state index in [-0.39, 0.29) is 12.5 Å². The van der Waals surface area contributed by atoms with Crippen molar-refractivity contribution in [3.8, 4) is 0 Å². The van der Waals surface area contributed by atoms with Gasteiger partial charge in [0.1, 0.15) is 10.8 Å². The number of carbonyl (C=O) groups excluding carboxylic acids is 1. The van der Waals surface area contributed by atoms with Crippen molar-refractivity contribution in [2.75, 3.05) is 17.8 Å². The second kappa shape index (κ2) is 8.43. The smallest absolute Gasteiger partial charge is 0.261 e. The van der Waals surface area contributed by atoms with Gasteiger partial charge in [0.15, 0.2) is 5.82 Å². The molecule has 0 saturated carbocycles. The van der Waals surface area contributed by atoms with Gasteiger partial charge in [-0.05, 0) is 36.2 Å². The van der Waals surface area contributed by atoms with E-state index in [4.69, 9.17) is 11.6 Å². The van der Waals surface area contributed by atoms with Crippen LogP contribution in [0.15, 0.2) is 39.7 Å². The Morgan fingerprint density at radius 3 is 2.85 bits per heavy atom. The number of hydrogen-bond donors (Lipinski definition) is 1. The maximum atomic E-state index is 13.9. The van der Waals surface area contributed by atoms with Gasteiger partial charge in [0, 0.05) is 22.8 Å². The summed E-state index contributed by atoms with van der Waals surface area (Å²) in [6.45, 7) is 0.174. The normalized spacial score (nSPS) is 10.9. The Labute approximate surface area is 167 Å². The van der Waals surface area contributed by atoms with Gasteiger partial charge in [-0.15, -0.1) is 23.5 Å². The van der Waals surface area contributed by atoms with Gasteiger partial charge < -0.3 is 5.32 Å². The molecular weight excluding hydrogens is 415 g/mol. The minimum atomic E-state index is -0.392. The Morgan fingerprint density at radius 2 is 2.15 bits per heavy atom. The van der Waals surface area contributed by atoms with Crippen molar-refractivity contribution >= 4 is 58.4 Å². The third-order valence-corrected chi connectivity index (χ3v) is 6.59. The summed E-state index contributed by atoms with van der Waals surface area (Å²) in [6.07, 6.45) is 5.44. The maximum Gasteiger partial charge on any atom is 0.261 e. The Bertz CT molecular complexity index is 902. The lowest BCUT2D eigenvalue weighted by molar-refractivity contribution is 0.102. The molecule has 0 aliphatic heterocycles. The quantitative estimate of drug-likeness (QED) is 0.567. The van der Waals surface area contributed by atoms with E-state index in [1.165, 1.54) is 45.8 Å². The molecule has 0 spiro atoms. The van der Waals surface area contributed by atoms with Crippen LogP contribution in [-0.2, 0) is 6.54 Å². The number of amides is 1. The lowest BCUT2D eigenvalue weighted by atomic mass is 10.2. The first-order valence-electron chi connectivity index (χ1n) is 7.38. The van der Waals surface area contributed by atoms with Crippen LogP contribution in [0.5, 0.6) is 0 Å². The standard InChI is InChI=1S/C16H14ClFN4OS3/c1-24-15-13(16(25-2)26-21-15)14(23)19-12-6-7-22(20-12)8-9-10(17)4-3-5-11(9)18/h3-7H,8H2,1-2H3,(H,19,20,23). The second-order valence-corrected chi connectivity index (χ2v) is 8.16. The molecule has 26 heavy (non-hydrogen) atoms. The van der Waals surface area contributed by atoms with E-state index in [9.17, 15) is 9.18 Å². The van der Waals surface area contributed by atoms with E-state index in [1.807, 2.05) is 12.5 Å². The number of rotatable bonds is 6. The predicted molar refractivity (Wildman–Crippen MR) is 106 cm³/mol. The number of hydrogen-bond acceptors (Lipinski definition) is 6. The van der Waals surface area contributed by atoms with E-state index in [1.54, 1.807) is 24.4 Å². The highest BCUT2D eigenvalue weighted by Gasteiger charge is 2.21. The zero-order valence-electron chi connectivity index (χ0n) is 13.8. The van der Waals surface area contributed by atoms with Crippen molar-refractivity contribution < 1.29 is 9.18 Å². The van der Waals surface area contributed by atoms with Crippen LogP contribution in [0.4, 0.5) is 10.2 Å². The summed E-state index contributed by atoms with van der Waals surface area (Å²) in [4.78, 5) is 12.6. The summed E-state index contributed by atoms with van der Waals surface area (Å²) in [5.74, 6) is -0.272. The molecular formula is C16H14ClFN4OS3. The van der Waals surface area contributed by atoms with E-state index >= 15 is 0 Å². The van der Waals surface area contributed by atoms with Crippen molar-refractivity contribution in [3.05, 3.63) is 52.4 Å². The molecule has 3 rings (SSSR count). The summed E-state index contributed by atoms with van der Waals surface area (Å²) in [5.41, 5.74) is 0.910. The molecule has 0 saturated heterocycles. The minimum absolute atomic E-state index is 0.174. The molecule has 0 unspecified atom stereocenters. The lowest BCUT2D eigenvalue weighted by Crippen LogP contribution is -2.14. The Kier molecular flexibility index (Phi) is 6.23. The summed E-state index contributed by atoms with van der Waals surface area (Å²) < 4.78 is 20.6. The fourth-order valence-electron chi connectivity index (χ4n) is 2.27. The molecule has 3 aromatic rings. The highest BCUT2D eigenvalue weighted by Crippen LogP contribution is 2.33. The Balaban J connectivity index is 1.77. The fraction of sp³-hybridized carbons (Fsp3) is 0.188. The molecule has 0 atom stereocenters.